The normalized spacial score (nSPS) is 10.5. The highest BCUT2D eigenvalue weighted by molar-refractivity contribution is 5.14. The van der Waals surface area contributed by atoms with Crippen LogP contribution in [0.25, 0.3) is 0 Å². The van der Waals surface area contributed by atoms with Crippen molar-refractivity contribution in [1.82, 2.24) is 15.6 Å². The Bertz CT molecular complexity index is 273. The first-order chi connectivity index (χ1) is 7.33. The first-order valence-electron chi connectivity index (χ1n) is 5.66. The Balaban J connectivity index is 2.10. The number of aryl methyl sites for hydroxylation is 1. The van der Waals surface area contributed by atoms with Crippen molar-refractivity contribution in [3.8, 4) is 0 Å². The van der Waals surface area contributed by atoms with Crippen LogP contribution in [0.5, 0.6) is 0 Å². The lowest BCUT2D eigenvalue weighted by molar-refractivity contribution is 0.606. The second kappa shape index (κ2) is 7.37. The Morgan fingerprint density at radius 1 is 1.20 bits per heavy atom. The zero-order valence-electron chi connectivity index (χ0n) is 9.71. The Hall–Kier alpha value is -0.930. The van der Waals surface area contributed by atoms with Crippen molar-refractivity contribution in [3.63, 3.8) is 0 Å². The van der Waals surface area contributed by atoms with E-state index in [0.717, 1.165) is 31.9 Å². The van der Waals surface area contributed by atoms with E-state index in [1.165, 1.54) is 12.0 Å². The highest BCUT2D eigenvalue weighted by atomic mass is 14.9. The van der Waals surface area contributed by atoms with E-state index in [9.17, 15) is 0 Å². The zero-order chi connectivity index (χ0) is 10.9. The van der Waals surface area contributed by atoms with Crippen molar-refractivity contribution >= 4 is 0 Å². The van der Waals surface area contributed by atoms with Gasteiger partial charge in [0.2, 0.25) is 0 Å². The molecule has 0 fully saturated rings. The minimum Gasteiger partial charge on any atom is -0.315 e. The topological polar surface area (TPSA) is 37.0 Å². The summed E-state index contributed by atoms with van der Waals surface area (Å²) in [6.07, 6.45) is 3.06. The largest absolute Gasteiger partial charge is 0.315 e. The molecule has 1 heterocycles. The van der Waals surface area contributed by atoms with Crippen molar-refractivity contribution < 1.29 is 0 Å². The molecular weight excluding hydrogens is 186 g/mol. The van der Waals surface area contributed by atoms with Gasteiger partial charge in [-0.3, -0.25) is 4.98 Å². The standard InChI is InChI=1S/C12H21N3/c1-3-5-13-7-8-14-10-12-4-6-15-11(2)9-12/h4,6,9,13-14H,3,5,7-8,10H2,1-2H3. The molecule has 1 aromatic heterocycles. The Kier molecular flexibility index (Phi) is 5.97. The SMILES string of the molecule is CCCNCCNCc1ccnc(C)c1. The predicted molar refractivity (Wildman–Crippen MR) is 63.8 cm³/mol. The average molecular weight is 207 g/mol. The first kappa shape index (κ1) is 12.1. The summed E-state index contributed by atoms with van der Waals surface area (Å²) in [5.74, 6) is 0. The molecule has 0 bridgehead atoms. The van der Waals surface area contributed by atoms with Gasteiger partial charge in [-0.2, -0.15) is 0 Å². The summed E-state index contributed by atoms with van der Waals surface area (Å²) in [7, 11) is 0. The van der Waals surface area contributed by atoms with Gasteiger partial charge in [-0.25, -0.2) is 0 Å². The van der Waals surface area contributed by atoms with Crippen LogP contribution in [0.15, 0.2) is 18.3 Å². The summed E-state index contributed by atoms with van der Waals surface area (Å²) in [5.41, 5.74) is 2.39. The molecule has 0 aromatic carbocycles. The minimum absolute atomic E-state index is 0.928. The fraction of sp³-hybridized carbons (Fsp3) is 0.583. The van der Waals surface area contributed by atoms with Crippen molar-refractivity contribution in [1.29, 1.82) is 0 Å². The van der Waals surface area contributed by atoms with Crippen molar-refractivity contribution in [3.05, 3.63) is 29.6 Å². The molecule has 0 amide bonds. The monoisotopic (exact) mass is 207 g/mol. The number of hydrogen-bond donors (Lipinski definition) is 2. The maximum absolute atomic E-state index is 4.17. The first-order valence-corrected chi connectivity index (χ1v) is 5.66. The van der Waals surface area contributed by atoms with Crippen LogP contribution in [0.3, 0.4) is 0 Å². The van der Waals surface area contributed by atoms with Crippen LogP contribution in [0.1, 0.15) is 24.6 Å². The molecule has 0 aliphatic rings. The molecule has 1 rings (SSSR count). The molecule has 1 aromatic rings. The van der Waals surface area contributed by atoms with Crippen LogP contribution in [0.4, 0.5) is 0 Å². The minimum atomic E-state index is 0.928. The lowest BCUT2D eigenvalue weighted by Gasteiger charge is -2.06. The van der Waals surface area contributed by atoms with E-state index in [1.54, 1.807) is 0 Å². The molecule has 0 aliphatic heterocycles. The van der Waals surface area contributed by atoms with Gasteiger partial charge in [0.05, 0.1) is 0 Å². The molecule has 0 unspecified atom stereocenters. The van der Waals surface area contributed by atoms with Crippen LogP contribution >= 0.6 is 0 Å². The van der Waals surface area contributed by atoms with Crippen LogP contribution in [0, 0.1) is 6.92 Å². The van der Waals surface area contributed by atoms with E-state index < -0.39 is 0 Å². The molecule has 2 N–H and O–H groups in total. The second-order valence-electron chi connectivity index (χ2n) is 3.73. The third-order valence-electron chi connectivity index (χ3n) is 2.20. The third kappa shape index (κ3) is 5.50. The summed E-state index contributed by atoms with van der Waals surface area (Å²) in [5, 5.41) is 6.76. The van der Waals surface area contributed by atoms with Crippen LogP contribution in [0.2, 0.25) is 0 Å². The summed E-state index contributed by atoms with van der Waals surface area (Å²) in [6, 6.07) is 4.17. The Morgan fingerprint density at radius 2 is 2.00 bits per heavy atom. The summed E-state index contributed by atoms with van der Waals surface area (Å²) in [6.45, 7) is 8.29. The second-order valence-corrected chi connectivity index (χ2v) is 3.73. The highest BCUT2D eigenvalue weighted by Crippen LogP contribution is 1.99. The summed E-state index contributed by atoms with van der Waals surface area (Å²) < 4.78 is 0. The molecule has 0 atom stereocenters. The molecule has 15 heavy (non-hydrogen) atoms. The van der Waals surface area contributed by atoms with E-state index in [2.05, 4.69) is 34.7 Å². The van der Waals surface area contributed by atoms with Crippen molar-refractivity contribution in [2.24, 2.45) is 0 Å². The van der Waals surface area contributed by atoms with Crippen LogP contribution in [-0.4, -0.2) is 24.6 Å². The molecule has 0 saturated carbocycles. The number of rotatable bonds is 7. The molecule has 3 nitrogen and oxygen atoms in total. The smallest absolute Gasteiger partial charge is 0.0375 e. The number of nitrogens with one attached hydrogen (secondary N) is 2. The molecule has 3 heteroatoms. The molecule has 84 valence electrons. The summed E-state index contributed by atoms with van der Waals surface area (Å²) >= 11 is 0. The van der Waals surface area contributed by atoms with Gasteiger partial charge in [-0.1, -0.05) is 6.92 Å². The molecular formula is C12H21N3. The molecule has 0 radical (unpaired) electrons. The third-order valence-corrected chi connectivity index (χ3v) is 2.20. The van der Waals surface area contributed by atoms with Crippen molar-refractivity contribution in [2.75, 3.05) is 19.6 Å². The van der Waals surface area contributed by atoms with Crippen LogP contribution in [-0.2, 0) is 6.54 Å². The molecule has 0 spiro atoms. The fourth-order valence-electron chi connectivity index (χ4n) is 1.43. The average Bonchev–Trinajstić information content (AvgIpc) is 2.23. The van der Waals surface area contributed by atoms with Gasteiger partial charge >= 0.3 is 0 Å². The van der Waals surface area contributed by atoms with E-state index >= 15 is 0 Å². The van der Waals surface area contributed by atoms with E-state index in [4.69, 9.17) is 0 Å². The number of aromatic nitrogens is 1. The van der Waals surface area contributed by atoms with E-state index in [1.807, 2.05) is 13.1 Å². The lowest BCUT2D eigenvalue weighted by Crippen LogP contribution is -2.27. The Labute approximate surface area is 92.3 Å². The maximum Gasteiger partial charge on any atom is 0.0375 e. The van der Waals surface area contributed by atoms with Gasteiger partial charge in [0.25, 0.3) is 0 Å². The number of pyridine rings is 1. The molecule has 0 saturated heterocycles. The Morgan fingerprint density at radius 3 is 2.73 bits per heavy atom. The predicted octanol–water partition coefficient (Wildman–Crippen LogP) is 1.48. The van der Waals surface area contributed by atoms with Gasteiger partial charge in [-0.15, -0.1) is 0 Å². The molecule has 0 aliphatic carbocycles. The van der Waals surface area contributed by atoms with Gasteiger partial charge < -0.3 is 10.6 Å². The summed E-state index contributed by atoms with van der Waals surface area (Å²) in [4.78, 5) is 4.17. The van der Waals surface area contributed by atoms with E-state index in [0.29, 0.717) is 0 Å². The zero-order valence-corrected chi connectivity index (χ0v) is 9.71. The van der Waals surface area contributed by atoms with Gasteiger partial charge in [0.1, 0.15) is 0 Å². The van der Waals surface area contributed by atoms with Crippen molar-refractivity contribution in [2.45, 2.75) is 26.8 Å². The lowest BCUT2D eigenvalue weighted by atomic mass is 10.2. The number of hydrogen-bond acceptors (Lipinski definition) is 3. The quantitative estimate of drug-likeness (QED) is 0.665. The van der Waals surface area contributed by atoms with E-state index in [-0.39, 0.29) is 0 Å². The van der Waals surface area contributed by atoms with Gasteiger partial charge in [0.15, 0.2) is 0 Å². The maximum atomic E-state index is 4.17. The van der Waals surface area contributed by atoms with Gasteiger partial charge in [0, 0.05) is 31.5 Å². The fourth-order valence-corrected chi connectivity index (χ4v) is 1.43. The number of nitrogens with zero attached hydrogens (tertiary/aromatic N) is 1. The highest BCUT2D eigenvalue weighted by Gasteiger charge is 1.93. The van der Waals surface area contributed by atoms with Crippen LogP contribution < -0.4 is 10.6 Å². The van der Waals surface area contributed by atoms with Gasteiger partial charge in [-0.05, 0) is 37.6 Å².